The molecule has 0 aliphatic carbocycles. The Balaban J connectivity index is 1.78. The summed E-state index contributed by atoms with van der Waals surface area (Å²) in [4.78, 5) is 4.24. The van der Waals surface area contributed by atoms with E-state index in [9.17, 15) is 4.39 Å². The van der Waals surface area contributed by atoms with Crippen LogP contribution in [0.2, 0.25) is 0 Å². The quantitative estimate of drug-likeness (QED) is 0.815. The summed E-state index contributed by atoms with van der Waals surface area (Å²) >= 11 is 0. The minimum atomic E-state index is -0.274. The second-order valence-corrected chi connectivity index (χ2v) is 3.31. The molecule has 1 N–H and O–H groups in total. The maximum Gasteiger partial charge on any atom is 0.126 e. The molecule has 0 fully saturated rings. The number of rotatable bonds is 4. The van der Waals surface area contributed by atoms with E-state index >= 15 is 0 Å². The van der Waals surface area contributed by atoms with E-state index in [1.165, 1.54) is 12.1 Å². The Morgan fingerprint density at radius 3 is 3.13 bits per heavy atom. The Bertz CT molecular complexity index is 365. The van der Waals surface area contributed by atoms with Crippen LogP contribution >= 0.6 is 0 Å². The molecule has 1 aliphatic rings. The molecule has 0 amide bonds. The highest BCUT2D eigenvalue weighted by Gasteiger charge is 2.04. The molecule has 2 rings (SSSR count). The molecule has 0 spiro atoms. The lowest BCUT2D eigenvalue weighted by atomic mass is 10.3. The summed E-state index contributed by atoms with van der Waals surface area (Å²) in [5, 5.41) is 3.15. The molecular weight excluding hydrogens is 195 g/mol. The van der Waals surface area contributed by atoms with Gasteiger partial charge in [-0.05, 0) is 12.1 Å². The van der Waals surface area contributed by atoms with Crippen LogP contribution in [0.5, 0.6) is 5.75 Å². The van der Waals surface area contributed by atoms with Crippen molar-refractivity contribution in [2.75, 3.05) is 19.7 Å². The third kappa shape index (κ3) is 2.94. The van der Waals surface area contributed by atoms with Crippen LogP contribution in [-0.4, -0.2) is 25.5 Å². The Kier molecular flexibility index (Phi) is 3.17. The number of hydrogen-bond donors (Lipinski definition) is 1. The van der Waals surface area contributed by atoms with Gasteiger partial charge in [0.25, 0.3) is 0 Å². The number of nitrogens with one attached hydrogen (secondary N) is 1. The first kappa shape index (κ1) is 9.96. The van der Waals surface area contributed by atoms with Gasteiger partial charge in [-0.25, -0.2) is 4.39 Å². The number of amidine groups is 1. The molecule has 0 aromatic heterocycles. The summed E-state index contributed by atoms with van der Waals surface area (Å²) in [5.41, 5.74) is 0. The van der Waals surface area contributed by atoms with Crippen molar-refractivity contribution in [3.05, 3.63) is 30.1 Å². The van der Waals surface area contributed by atoms with Gasteiger partial charge in [-0.3, -0.25) is 4.99 Å². The molecule has 1 aromatic rings. The van der Waals surface area contributed by atoms with Crippen molar-refractivity contribution in [1.29, 1.82) is 0 Å². The zero-order chi connectivity index (χ0) is 10.5. The number of aliphatic imine (C=N–C) groups is 1. The van der Waals surface area contributed by atoms with Gasteiger partial charge in [0.1, 0.15) is 11.6 Å². The lowest BCUT2D eigenvalue weighted by Gasteiger charge is -2.06. The monoisotopic (exact) mass is 208 g/mol. The van der Waals surface area contributed by atoms with Crippen molar-refractivity contribution in [2.45, 2.75) is 6.42 Å². The van der Waals surface area contributed by atoms with Gasteiger partial charge in [0.15, 0.2) is 0 Å². The zero-order valence-electron chi connectivity index (χ0n) is 8.37. The second-order valence-electron chi connectivity index (χ2n) is 3.31. The van der Waals surface area contributed by atoms with Gasteiger partial charge in [0, 0.05) is 19.0 Å². The van der Waals surface area contributed by atoms with Gasteiger partial charge in [-0.2, -0.15) is 0 Å². The number of ether oxygens (including phenoxy) is 1. The summed E-state index contributed by atoms with van der Waals surface area (Å²) < 4.78 is 18.2. The lowest BCUT2D eigenvalue weighted by Crippen LogP contribution is -2.20. The molecule has 0 saturated heterocycles. The highest BCUT2D eigenvalue weighted by Crippen LogP contribution is 2.12. The molecule has 0 bridgehead atoms. The third-order valence-corrected chi connectivity index (χ3v) is 2.15. The van der Waals surface area contributed by atoms with E-state index in [4.69, 9.17) is 4.74 Å². The Morgan fingerprint density at radius 1 is 1.47 bits per heavy atom. The number of benzene rings is 1. The highest BCUT2D eigenvalue weighted by molar-refractivity contribution is 5.83. The van der Waals surface area contributed by atoms with Gasteiger partial charge in [-0.15, -0.1) is 0 Å². The van der Waals surface area contributed by atoms with Crippen LogP contribution in [-0.2, 0) is 0 Å². The maximum atomic E-state index is 12.8. The maximum absolute atomic E-state index is 12.8. The largest absolute Gasteiger partial charge is 0.493 e. The minimum Gasteiger partial charge on any atom is -0.493 e. The molecule has 1 aliphatic heterocycles. The number of halogens is 1. The summed E-state index contributed by atoms with van der Waals surface area (Å²) in [6.45, 7) is 2.28. The Hall–Kier alpha value is -1.58. The first-order chi connectivity index (χ1) is 7.34. The predicted octanol–water partition coefficient (Wildman–Crippen LogP) is 1.60. The molecule has 0 radical (unpaired) electrons. The first-order valence-electron chi connectivity index (χ1n) is 5.00. The van der Waals surface area contributed by atoms with Crippen molar-refractivity contribution >= 4 is 5.84 Å². The topological polar surface area (TPSA) is 33.6 Å². The molecule has 1 heterocycles. The SMILES string of the molecule is Fc1cccc(OCCC2=NCCN2)c1. The molecule has 3 nitrogen and oxygen atoms in total. The van der Waals surface area contributed by atoms with Crippen molar-refractivity contribution < 1.29 is 9.13 Å². The van der Waals surface area contributed by atoms with Crippen molar-refractivity contribution in [1.82, 2.24) is 5.32 Å². The van der Waals surface area contributed by atoms with Gasteiger partial charge >= 0.3 is 0 Å². The fraction of sp³-hybridized carbons (Fsp3) is 0.364. The lowest BCUT2D eigenvalue weighted by molar-refractivity contribution is 0.326. The van der Waals surface area contributed by atoms with E-state index in [1.54, 1.807) is 12.1 Å². The molecule has 4 heteroatoms. The van der Waals surface area contributed by atoms with Crippen molar-refractivity contribution in [3.63, 3.8) is 0 Å². The molecule has 1 aromatic carbocycles. The van der Waals surface area contributed by atoms with Crippen LogP contribution in [0, 0.1) is 5.82 Å². The predicted molar refractivity (Wildman–Crippen MR) is 56.8 cm³/mol. The number of hydrogen-bond acceptors (Lipinski definition) is 3. The zero-order valence-corrected chi connectivity index (χ0v) is 8.37. The van der Waals surface area contributed by atoms with Gasteiger partial charge in [-0.1, -0.05) is 6.07 Å². The molecule has 0 saturated carbocycles. The molecule has 80 valence electrons. The van der Waals surface area contributed by atoms with Gasteiger partial charge in [0.05, 0.1) is 19.0 Å². The number of nitrogens with zero attached hydrogens (tertiary/aromatic N) is 1. The summed E-state index contributed by atoms with van der Waals surface area (Å²) in [7, 11) is 0. The van der Waals surface area contributed by atoms with Crippen LogP contribution in [0.25, 0.3) is 0 Å². The second kappa shape index (κ2) is 4.77. The fourth-order valence-electron chi connectivity index (χ4n) is 1.44. The van der Waals surface area contributed by atoms with E-state index in [2.05, 4.69) is 10.3 Å². The Morgan fingerprint density at radius 2 is 2.40 bits per heavy atom. The summed E-state index contributed by atoms with van der Waals surface area (Å²) in [6, 6.07) is 6.16. The first-order valence-corrected chi connectivity index (χ1v) is 5.00. The van der Waals surface area contributed by atoms with Crippen LogP contribution in [0.1, 0.15) is 6.42 Å². The Labute approximate surface area is 88.0 Å². The van der Waals surface area contributed by atoms with E-state index in [1.807, 2.05) is 0 Å². The van der Waals surface area contributed by atoms with Crippen LogP contribution in [0.4, 0.5) is 4.39 Å². The average molecular weight is 208 g/mol. The standard InChI is InChI=1S/C11H13FN2O/c12-9-2-1-3-10(8-9)15-7-4-11-13-5-6-14-11/h1-3,8H,4-7H2,(H,13,14). The minimum absolute atomic E-state index is 0.274. The van der Waals surface area contributed by atoms with E-state index in [0.29, 0.717) is 12.4 Å². The van der Waals surface area contributed by atoms with E-state index in [-0.39, 0.29) is 5.82 Å². The third-order valence-electron chi connectivity index (χ3n) is 2.15. The molecular formula is C11H13FN2O. The fourth-order valence-corrected chi connectivity index (χ4v) is 1.44. The van der Waals surface area contributed by atoms with Crippen LogP contribution in [0.15, 0.2) is 29.3 Å². The van der Waals surface area contributed by atoms with Gasteiger partial charge in [0.2, 0.25) is 0 Å². The summed E-state index contributed by atoms with van der Waals surface area (Å²) in [5.74, 6) is 1.27. The normalized spacial score (nSPS) is 14.6. The molecule has 0 atom stereocenters. The van der Waals surface area contributed by atoms with Crippen LogP contribution < -0.4 is 10.1 Å². The van der Waals surface area contributed by atoms with Gasteiger partial charge < -0.3 is 10.1 Å². The van der Waals surface area contributed by atoms with Crippen molar-refractivity contribution in [2.24, 2.45) is 4.99 Å². The van der Waals surface area contributed by atoms with Crippen molar-refractivity contribution in [3.8, 4) is 5.75 Å². The molecule has 0 unspecified atom stereocenters. The molecule has 15 heavy (non-hydrogen) atoms. The highest BCUT2D eigenvalue weighted by atomic mass is 19.1. The van der Waals surface area contributed by atoms with E-state index < -0.39 is 0 Å². The summed E-state index contributed by atoms with van der Waals surface area (Å²) in [6.07, 6.45) is 0.747. The smallest absolute Gasteiger partial charge is 0.126 e. The van der Waals surface area contributed by atoms with E-state index in [0.717, 1.165) is 25.3 Å². The van der Waals surface area contributed by atoms with Crippen LogP contribution in [0.3, 0.4) is 0 Å². The average Bonchev–Trinajstić information content (AvgIpc) is 2.71.